The molecule has 1 N–H and O–H groups in total. The van der Waals surface area contributed by atoms with Crippen LogP contribution in [0.4, 0.5) is 9.39 Å². The summed E-state index contributed by atoms with van der Waals surface area (Å²) in [6.07, 6.45) is 4.27. The van der Waals surface area contributed by atoms with E-state index in [2.05, 4.69) is 5.32 Å². The molecule has 3 nitrogen and oxygen atoms in total. The average molecular weight is 333 g/mol. The number of hydrogen-bond acceptors (Lipinski definition) is 4. The molecule has 0 bridgehead atoms. The van der Waals surface area contributed by atoms with Gasteiger partial charge in [-0.25, -0.2) is 9.18 Å². The van der Waals surface area contributed by atoms with Crippen molar-refractivity contribution in [2.24, 2.45) is 0 Å². The molecule has 1 aromatic heterocycles. The van der Waals surface area contributed by atoms with Crippen molar-refractivity contribution in [1.29, 1.82) is 0 Å². The van der Waals surface area contributed by atoms with Crippen LogP contribution in [0.1, 0.15) is 46.1 Å². The highest BCUT2D eigenvalue weighted by Gasteiger charge is 2.26. The third kappa shape index (κ3) is 3.55. The zero-order valence-corrected chi connectivity index (χ0v) is 14.0. The number of hydrogen-bond donors (Lipinski definition) is 1. The van der Waals surface area contributed by atoms with E-state index < -0.39 is 0 Å². The van der Waals surface area contributed by atoms with Gasteiger partial charge in [-0.1, -0.05) is 12.1 Å². The summed E-state index contributed by atoms with van der Waals surface area (Å²) in [6, 6.07) is 6.39. The van der Waals surface area contributed by atoms with E-state index in [1.54, 1.807) is 23.5 Å². The summed E-state index contributed by atoms with van der Waals surface area (Å²) in [4.78, 5) is 13.6. The fourth-order valence-electron chi connectivity index (χ4n) is 2.89. The zero-order valence-electron chi connectivity index (χ0n) is 13.2. The van der Waals surface area contributed by atoms with Gasteiger partial charge in [-0.2, -0.15) is 0 Å². The number of aryl methyl sites for hydroxylation is 1. The van der Waals surface area contributed by atoms with E-state index in [9.17, 15) is 9.18 Å². The summed E-state index contributed by atoms with van der Waals surface area (Å²) < 4.78 is 18.2. The summed E-state index contributed by atoms with van der Waals surface area (Å²) in [5.41, 5.74) is 2.84. The SMILES string of the molecule is CCOC(=O)c1c(NCc2ccc(F)cc2)sc2c1CCCC2. The van der Waals surface area contributed by atoms with Crippen LogP contribution in [0.5, 0.6) is 0 Å². The Morgan fingerprint density at radius 3 is 2.74 bits per heavy atom. The summed E-state index contributed by atoms with van der Waals surface area (Å²) in [6.45, 7) is 2.76. The molecule has 5 heteroatoms. The van der Waals surface area contributed by atoms with Gasteiger partial charge >= 0.3 is 5.97 Å². The van der Waals surface area contributed by atoms with E-state index in [1.165, 1.54) is 23.4 Å². The molecule has 1 aliphatic rings. The van der Waals surface area contributed by atoms with Gasteiger partial charge in [-0.05, 0) is 55.9 Å². The fourth-order valence-corrected chi connectivity index (χ4v) is 4.17. The Kier molecular flexibility index (Phi) is 4.96. The predicted molar refractivity (Wildman–Crippen MR) is 90.6 cm³/mol. The lowest BCUT2D eigenvalue weighted by atomic mass is 9.95. The van der Waals surface area contributed by atoms with Crippen molar-refractivity contribution in [2.75, 3.05) is 11.9 Å². The lowest BCUT2D eigenvalue weighted by Gasteiger charge is -2.12. The Bertz CT molecular complexity index is 694. The number of benzene rings is 1. The maximum atomic E-state index is 13.0. The molecule has 0 radical (unpaired) electrons. The molecule has 1 aliphatic carbocycles. The second kappa shape index (κ2) is 7.13. The van der Waals surface area contributed by atoms with E-state index in [-0.39, 0.29) is 11.8 Å². The Morgan fingerprint density at radius 1 is 1.26 bits per heavy atom. The number of rotatable bonds is 5. The number of ether oxygens (including phenoxy) is 1. The van der Waals surface area contributed by atoms with Crippen LogP contribution in [0.3, 0.4) is 0 Å². The lowest BCUT2D eigenvalue weighted by Crippen LogP contribution is -2.11. The first-order chi connectivity index (χ1) is 11.2. The van der Waals surface area contributed by atoms with Gasteiger partial charge in [0.15, 0.2) is 0 Å². The standard InChI is InChI=1S/C18H20FNO2S/c1-2-22-18(21)16-14-5-3-4-6-15(14)23-17(16)20-11-12-7-9-13(19)10-8-12/h7-10,20H,2-6,11H2,1H3. The Labute approximate surface area is 139 Å². The molecule has 1 aromatic carbocycles. The van der Waals surface area contributed by atoms with Crippen molar-refractivity contribution in [3.05, 3.63) is 51.7 Å². The van der Waals surface area contributed by atoms with E-state index in [4.69, 9.17) is 4.74 Å². The smallest absolute Gasteiger partial charge is 0.341 e. The van der Waals surface area contributed by atoms with Crippen molar-refractivity contribution < 1.29 is 13.9 Å². The molecule has 0 aliphatic heterocycles. The number of thiophene rings is 1. The Hall–Kier alpha value is -1.88. The van der Waals surface area contributed by atoms with Gasteiger partial charge in [0.05, 0.1) is 12.2 Å². The molecule has 0 fully saturated rings. The third-order valence-electron chi connectivity index (χ3n) is 4.02. The number of fused-ring (bicyclic) bond motifs is 1. The molecule has 0 saturated heterocycles. The highest BCUT2D eigenvalue weighted by Crippen LogP contribution is 2.38. The number of halogens is 1. The van der Waals surface area contributed by atoms with Gasteiger partial charge in [0.2, 0.25) is 0 Å². The topological polar surface area (TPSA) is 38.3 Å². The van der Waals surface area contributed by atoms with Crippen LogP contribution in [-0.2, 0) is 24.1 Å². The van der Waals surface area contributed by atoms with Gasteiger partial charge in [0, 0.05) is 11.4 Å². The van der Waals surface area contributed by atoms with E-state index >= 15 is 0 Å². The molecule has 122 valence electrons. The second-order valence-electron chi connectivity index (χ2n) is 5.62. The quantitative estimate of drug-likeness (QED) is 0.816. The van der Waals surface area contributed by atoms with E-state index in [0.29, 0.717) is 18.7 Å². The molecule has 0 spiro atoms. The van der Waals surface area contributed by atoms with Crippen LogP contribution in [0.2, 0.25) is 0 Å². The molecule has 3 rings (SSSR count). The summed E-state index contributed by atoms with van der Waals surface area (Å²) in [7, 11) is 0. The number of esters is 1. The lowest BCUT2D eigenvalue weighted by molar-refractivity contribution is 0.0526. The summed E-state index contributed by atoms with van der Waals surface area (Å²) in [5.74, 6) is -0.485. The van der Waals surface area contributed by atoms with Gasteiger partial charge in [0.1, 0.15) is 10.8 Å². The first-order valence-corrected chi connectivity index (χ1v) is 8.80. The van der Waals surface area contributed by atoms with Crippen molar-refractivity contribution in [2.45, 2.75) is 39.2 Å². The Morgan fingerprint density at radius 2 is 2.00 bits per heavy atom. The number of carbonyl (C=O) groups is 1. The maximum absolute atomic E-state index is 13.0. The van der Waals surface area contributed by atoms with Crippen LogP contribution in [0.15, 0.2) is 24.3 Å². The minimum atomic E-state index is -0.243. The Balaban J connectivity index is 1.84. The highest BCUT2D eigenvalue weighted by atomic mass is 32.1. The molecule has 0 atom stereocenters. The minimum absolute atomic E-state index is 0.242. The number of carbonyl (C=O) groups excluding carboxylic acids is 1. The van der Waals surface area contributed by atoms with Crippen LogP contribution >= 0.6 is 11.3 Å². The van der Waals surface area contributed by atoms with Gasteiger partial charge in [0.25, 0.3) is 0 Å². The van der Waals surface area contributed by atoms with Crippen LogP contribution in [0, 0.1) is 5.82 Å². The first-order valence-electron chi connectivity index (χ1n) is 7.99. The van der Waals surface area contributed by atoms with E-state index in [0.717, 1.165) is 35.4 Å². The van der Waals surface area contributed by atoms with E-state index in [1.807, 2.05) is 6.92 Å². The van der Waals surface area contributed by atoms with Gasteiger partial charge in [-0.3, -0.25) is 0 Å². The largest absolute Gasteiger partial charge is 0.462 e. The minimum Gasteiger partial charge on any atom is -0.462 e. The molecular formula is C18H20FNO2S. The van der Waals surface area contributed by atoms with Crippen molar-refractivity contribution >= 4 is 22.3 Å². The van der Waals surface area contributed by atoms with Gasteiger partial charge in [-0.15, -0.1) is 11.3 Å². The van der Waals surface area contributed by atoms with Crippen molar-refractivity contribution in [3.63, 3.8) is 0 Å². The maximum Gasteiger partial charge on any atom is 0.341 e. The predicted octanol–water partition coefficient (Wildman–Crippen LogP) is 4.55. The second-order valence-corrected chi connectivity index (χ2v) is 6.72. The molecule has 2 aromatic rings. The molecule has 0 amide bonds. The molecule has 0 unspecified atom stereocenters. The monoisotopic (exact) mass is 333 g/mol. The molecule has 1 heterocycles. The van der Waals surface area contributed by atoms with Crippen LogP contribution in [-0.4, -0.2) is 12.6 Å². The van der Waals surface area contributed by atoms with Crippen molar-refractivity contribution in [3.8, 4) is 0 Å². The number of nitrogens with one attached hydrogen (secondary N) is 1. The van der Waals surface area contributed by atoms with Crippen LogP contribution < -0.4 is 5.32 Å². The zero-order chi connectivity index (χ0) is 16.2. The molecule has 0 saturated carbocycles. The average Bonchev–Trinajstić information content (AvgIpc) is 2.93. The number of anilines is 1. The summed E-state index contributed by atoms with van der Waals surface area (Å²) >= 11 is 1.65. The fraction of sp³-hybridized carbons (Fsp3) is 0.389. The molecule has 23 heavy (non-hydrogen) atoms. The van der Waals surface area contributed by atoms with Crippen molar-refractivity contribution in [1.82, 2.24) is 0 Å². The third-order valence-corrected chi connectivity index (χ3v) is 5.27. The summed E-state index contributed by atoms with van der Waals surface area (Å²) in [5, 5.41) is 4.22. The van der Waals surface area contributed by atoms with Gasteiger partial charge < -0.3 is 10.1 Å². The highest BCUT2D eigenvalue weighted by molar-refractivity contribution is 7.16. The molecular weight excluding hydrogens is 313 g/mol. The normalized spacial score (nSPS) is 13.5. The first kappa shape index (κ1) is 16.0. The van der Waals surface area contributed by atoms with Crippen LogP contribution in [0.25, 0.3) is 0 Å².